The van der Waals surface area contributed by atoms with Crippen molar-refractivity contribution in [2.75, 3.05) is 11.9 Å². The van der Waals surface area contributed by atoms with Gasteiger partial charge in [-0.2, -0.15) is 0 Å². The molecule has 0 spiro atoms. The molecule has 1 aromatic carbocycles. The highest BCUT2D eigenvalue weighted by Crippen LogP contribution is 2.09. The van der Waals surface area contributed by atoms with Crippen molar-refractivity contribution < 1.29 is 4.79 Å². The first-order valence-corrected chi connectivity index (χ1v) is 8.23. The molecule has 2 N–H and O–H groups in total. The van der Waals surface area contributed by atoms with Gasteiger partial charge in [0.05, 0.1) is 0 Å². The summed E-state index contributed by atoms with van der Waals surface area (Å²) in [6, 6.07) is 11.6. The van der Waals surface area contributed by atoms with Crippen LogP contribution in [0.25, 0.3) is 0 Å². The number of nitrogens with one attached hydrogen (secondary N) is 2. The third-order valence-electron chi connectivity index (χ3n) is 3.81. The number of carbonyl (C=O) groups excluding carboxylic acids is 1. The van der Waals surface area contributed by atoms with Crippen LogP contribution in [0.3, 0.4) is 0 Å². The molecule has 0 bridgehead atoms. The topological polar surface area (TPSA) is 54.0 Å². The standard InChI is InChI=1S/C19H25N3O/c1-3-4-7-11-20-18-13-16(10-12-21-18)19(23)22-14-17-9-6-5-8-15(17)2/h5-6,8-10,12-13H,3-4,7,11,14H2,1-2H3,(H,20,21)(H,22,23). The Bertz CT molecular complexity index is 640. The fraction of sp³-hybridized carbons (Fsp3) is 0.368. The second-order valence-electron chi connectivity index (χ2n) is 5.67. The number of benzene rings is 1. The van der Waals surface area contributed by atoms with Crippen molar-refractivity contribution >= 4 is 11.7 Å². The molecule has 0 aliphatic carbocycles. The van der Waals surface area contributed by atoms with Gasteiger partial charge in [-0.05, 0) is 36.6 Å². The van der Waals surface area contributed by atoms with E-state index in [4.69, 9.17) is 0 Å². The lowest BCUT2D eigenvalue weighted by molar-refractivity contribution is 0.0951. The Balaban J connectivity index is 1.90. The van der Waals surface area contributed by atoms with E-state index in [1.165, 1.54) is 18.4 Å². The van der Waals surface area contributed by atoms with E-state index in [1.54, 1.807) is 18.3 Å². The molecule has 0 saturated carbocycles. The van der Waals surface area contributed by atoms with Crippen LogP contribution >= 0.6 is 0 Å². The maximum Gasteiger partial charge on any atom is 0.251 e. The zero-order valence-corrected chi connectivity index (χ0v) is 13.9. The van der Waals surface area contributed by atoms with Gasteiger partial charge in [-0.15, -0.1) is 0 Å². The minimum Gasteiger partial charge on any atom is -0.370 e. The van der Waals surface area contributed by atoms with Gasteiger partial charge in [-0.3, -0.25) is 4.79 Å². The number of anilines is 1. The maximum absolute atomic E-state index is 12.3. The average molecular weight is 311 g/mol. The molecule has 23 heavy (non-hydrogen) atoms. The van der Waals surface area contributed by atoms with Crippen LogP contribution in [0.4, 0.5) is 5.82 Å². The minimum absolute atomic E-state index is 0.0766. The van der Waals surface area contributed by atoms with Gasteiger partial charge in [-0.1, -0.05) is 44.0 Å². The second-order valence-corrected chi connectivity index (χ2v) is 5.67. The number of pyridine rings is 1. The van der Waals surface area contributed by atoms with Crippen molar-refractivity contribution in [1.82, 2.24) is 10.3 Å². The lowest BCUT2D eigenvalue weighted by atomic mass is 10.1. The quantitative estimate of drug-likeness (QED) is 0.726. The number of hydrogen-bond acceptors (Lipinski definition) is 3. The van der Waals surface area contributed by atoms with Crippen molar-refractivity contribution in [3.8, 4) is 0 Å². The van der Waals surface area contributed by atoms with Crippen LogP contribution in [0, 0.1) is 6.92 Å². The summed E-state index contributed by atoms with van der Waals surface area (Å²) < 4.78 is 0. The van der Waals surface area contributed by atoms with Gasteiger partial charge >= 0.3 is 0 Å². The SMILES string of the molecule is CCCCCNc1cc(C(=O)NCc2ccccc2C)ccn1. The molecule has 1 heterocycles. The molecule has 0 atom stereocenters. The number of aryl methyl sites for hydroxylation is 1. The van der Waals surface area contributed by atoms with Crippen molar-refractivity contribution in [3.05, 3.63) is 59.3 Å². The molecule has 2 rings (SSSR count). The Morgan fingerprint density at radius 1 is 1.17 bits per heavy atom. The predicted octanol–water partition coefficient (Wildman–Crippen LogP) is 3.92. The van der Waals surface area contributed by atoms with Crippen LogP contribution in [0.1, 0.15) is 47.7 Å². The van der Waals surface area contributed by atoms with Gasteiger partial charge in [-0.25, -0.2) is 4.98 Å². The zero-order valence-electron chi connectivity index (χ0n) is 13.9. The zero-order chi connectivity index (χ0) is 16.5. The van der Waals surface area contributed by atoms with E-state index in [0.29, 0.717) is 12.1 Å². The first kappa shape index (κ1) is 17.0. The first-order chi connectivity index (χ1) is 11.2. The summed E-state index contributed by atoms with van der Waals surface area (Å²) in [5.41, 5.74) is 2.94. The third-order valence-corrected chi connectivity index (χ3v) is 3.81. The maximum atomic E-state index is 12.3. The van der Waals surface area contributed by atoms with Crippen LogP contribution in [0.2, 0.25) is 0 Å². The smallest absolute Gasteiger partial charge is 0.251 e. The van der Waals surface area contributed by atoms with E-state index in [2.05, 4.69) is 22.5 Å². The van der Waals surface area contributed by atoms with Gasteiger partial charge in [0, 0.05) is 24.8 Å². The Kier molecular flexibility index (Phi) is 6.60. The van der Waals surface area contributed by atoms with E-state index < -0.39 is 0 Å². The van der Waals surface area contributed by atoms with Crippen LogP contribution < -0.4 is 10.6 Å². The molecule has 1 aromatic heterocycles. The largest absolute Gasteiger partial charge is 0.370 e. The molecule has 122 valence electrons. The van der Waals surface area contributed by atoms with Gasteiger partial charge in [0.1, 0.15) is 5.82 Å². The molecule has 4 nitrogen and oxygen atoms in total. The molecule has 0 unspecified atom stereocenters. The van der Waals surface area contributed by atoms with Gasteiger partial charge in [0.25, 0.3) is 5.91 Å². The number of rotatable bonds is 8. The lowest BCUT2D eigenvalue weighted by Gasteiger charge is -2.09. The summed E-state index contributed by atoms with van der Waals surface area (Å²) in [6.45, 7) is 5.64. The van der Waals surface area contributed by atoms with E-state index in [9.17, 15) is 4.79 Å². The van der Waals surface area contributed by atoms with Crippen LogP contribution in [-0.2, 0) is 6.54 Å². The summed E-state index contributed by atoms with van der Waals surface area (Å²) in [5.74, 6) is 0.678. The third kappa shape index (κ3) is 5.40. The first-order valence-electron chi connectivity index (χ1n) is 8.23. The Hall–Kier alpha value is -2.36. The highest BCUT2D eigenvalue weighted by Gasteiger charge is 2.07. The van der Waals surface area contributed by atoms with Gasteiger partial charge in [0.15, 0.2) is 0 Å². The molecule has 0 radical (unpaired) electrons. The summed E-state index contributed by atoms with van der Waals surface area (Å²) in [4.78, 5) is 16.6. The van der Waals surface area contributed by atoms with Crippen LogP contribution in [0.15, 0.2) is 42.6 Å². The number of nitrogens with zero attached hydrogens (tertiary/aromatic N) is 1. The van der Waals surface area contributed by atoms with Crippen molar-refractivity contribution in [1.29, 1.82) is 0 Å². The minimum atomic E-state index is -0.0766. The fourth-order valence-electron chi connectivity index (χ4n) is 2.35. The average Bonchev–Trinajstić information content (AvgIpc) is 2.58. The summed E-state index contributed by atoms with van der Waals surface area (Å²) in [6.07, 6.45) is 5.17. The Labute approximate surface area is 138 Å². The number of aromatic nitrogens is 1. The number of amides is 1. The summed E-state index contributed by atoms with van der Waals surface area (Å²) in [7, 11) is 0. The normalized spacial score (nSPS) is 10.3. The van der Waals surface area contributed by atoms with Crippen LogP contribution in [-0.4, -0.2) is 17.4 Å². The second kappa shape index (κ2) is 8.93. The van der Waals surface area contributed by atoms with E-state index in [0.717, 1.165) is 24.3 Å². The molecular formula is C19H25N3O. The van der Waals surface area contributed by atoms with Crippen LogP contribution in [0.5, 0.6) is 0 Å². The predicted molar refractivity (Wildman–Crippen MR) is 94.6 cm³/mol. The fourth-order valence-corrected chi connectivity index (χ4v) is 2.35. The molecular weight excluding hydrogens is 286 g/mol. The monoisotopic (exact) mass is 311 g/mol. The number of unbranched alkanes of at least 4 members (excludes halogenated alkanes) is 2. The molecule has 2 aromatic rings. The van der Waals surface area contributed by atoms with E-state index in [1.807, 2.05) is 31.2 Å². The molecule has 0 saturated heterocycles. The summed E-state index contributed by atoms with van der Waals surface area (Å²) in [5, 5.41) is 6.23. The Morgan fingerprint density at radius 2 is 2.00 bits per heavy atom. The number of carbonyl (C=O) groups is 1. The van der Waals surface area contributed by atoms with Gasteiger partial charge < -0.3 is 10.6 Å². The highest BCUT2D eigenvalue weighted by molar-refractivity contribution is 5.94. The highest BCUT2D eigenvalue weighted by atomic mass is 16.1. The van der Waals surface area contributed by atoms with Crippen molar-refractivity contribution in [2.24, 2.45) is 0 Å². The Morgan fingerprint density at radius 3 is 2.78 bits per heavy atom. The summed E-state index contributed by atoms with van der Waals surface area (Å²) >= 11 is 0. The molecule has 0 fully saturated rings. The molecule has 4 heteroatoms. The van der Waals surface area contributed by atoms with Crippen molar-refractivity contribution in [2.45, 2.75) is 39.7 Å². The molecule has 0 aliphatic rings. The van der Waals surface area contributed by atoms with E-state index >= 15 is 0 Å². The van der Waals surface area contributed by atoms with E-state index in [-0.39, 0.29) is 5.91 Å². The molecule has 1 amide bonds. The number of hydrogen-bond donors (Lipinski definition) is 2. The van der Waals surface area contributed by atoms with Crippen molar-refractivity contribution in [3.63, 3.8) is 0 Å². The lowest BCUT2D eigenvalue weighted by Crippen LogP contribution is -2.23. The van der Waals surface area contributed by atoms with Gasteiger partial charge in [0.2, 0.25) is 0 Å². The molecule has 0 aliphatic heterocycles.